The van der Waals surface area contributed by atoms with Crippen molar-refractivity contribution < 1.29 is 4.79 Å². The Morgan fingerprint density at radius 2 is 1.68 bits per heavy atom. The molecule has 31 heavy (non-hydrogen) atoms. The average molecular weight is 448 g/mol. The fourth-order valence-electron chi connectivity index (χ4n) is 5.74. The van der Waals surface area contributed by atoms with Crippen molar-refractivity contribution in [2.24, 2.45) is 11.1 Å². The molecule has 170 valence electrons. The van der Waals surface area contributed by atoms with Crippen LogP contribution in [-0.4, -0.2) is 30.3 Å². The molecule has 3 fully saturated rings. The van der Waals surface area contributed by atoms with Gasteiger partial charge in [0, 0.05) is 30.2 Å². The van der Waals surface area contributed by atoms with E-state index in [9.17, 15) is 14.4 Å². The first kappa shape index (κ1) is 22.2. The minimum Gasteiger partial charge on any atom is -0.370 e. The van der Waals surface area contributed by atoms with Crippen molar-refractivity contribution in [3.63, 3.8) is 0 Å². The summed E-state index contributed by atoms with van der Waals surface area (Å²) in [7, 11) is 0. The SMILES string of the molecule is CCCn1c(=O)c2[nH]c(C34CCC(C(S)CC(N)=O)(CC3)CC4)nc2n(CCC)c1=O. The minimum absolute atomic E-state index is 0.0186. The maximum Gasteiger partial charge on any atom is 0.332 e. The Hall–Kier alpha value is -2.03. The van der Waals surface area contributed by atoms with Crippen LogP contribution in [0.1, 0.15) is 77.5 Å². The highest BCUT2D eigenvalue weighted by atomic mass is 32.1. The molecule has 2 aromatic rings. The third-order valence-electron chi connectivity index (χ3n) is 7.66. The van der Waals surface area contributed by atoms with Gasteiger partial charge in [0.25, 0.3) is 5.56 Å². The van der Waals surface area contributed by atoms with Crippen LogP contribution in [0.4, 0.5) is 0 Å². The molecule has 1 atom stereocenters. The number of nitrogens with one attached hydrogen (secondary N) is 1. The van der Waals surface area contributed by atoms with Crippen LogP contribution in [0.5, 0.6) is 0 Å². The Bertz CT molecular complexity index is 1090. The van der Waals surface area contributed by atoms with Gasteiger partial charge in [-0.2, -0.15) is 12.6 Å². The number of imidazole rings is 1. The van der Waals surface area contributed by atoms with E-state index >= 15 is 0 Å². The van der Waals surface area contributed by atoms with Crippen molar-refractivity contribution in [2.75, 3.05) is 0 Å². The maximum atomic E-state index is 13.1. The standard InChI is InChI=1S/C22H33N5O3S/c1-3-11-26-17-16(18(29)27(12-4-2)20(26)30)24-19(25-17)22-8-5-21(6-9-22,7-10-22)14(31)13-15(23)28/h14,31H,3-13H2,1-2H3,(H2,23,28)(H,24,25). The second-order valence-electron chi connectivity index (χ2n) is 9.50. The number of hydrogen-bond acceptors (Lipinski definition) is 5. The van der Waals surface area contributed by atoms with Crippen molar-refractivity contribution in [1.82, 2.24) is 19.1 Å². The van der Waals surface area contributed by atoms with E-state index in [-0.39, 0.29) is 33.2 Å². The first-order valence-corrected chi connectivity index (χ1v) is 12.0. The number of aromatic amines is 1. The lowest BCUT2D eigenvalue weighted by Crippen LogP contribution is -2.49. The fourth-order valence-corrected chi connectivity index (χ4v) is 6.31. The van der Waals surface area contributed by atoms with Crippen LogP contribution in [0.2, 0.25) is 0 Å². The third kappa shape index (κ3) is 3.54. The van der Waals surface area contributed by atoms with Gasteiger partial charge in [0.05, 0.1) is 0 Å². The van der Waals surface area contributed by atoms with Crippen LogP contribution in [0.15, 0.2) is 9.59 Å². The summed E-state index contributed by atoms with van der Waals surface area (Å²) in [5.41, 5.74) is 5.73. The van der Waals surface area contributed by atoms with Gasteiger partial charge < -0.3 is 10.7 Å². The van der Waals surface area contributed by atoms with E-state index in [0.29, 0.717) is 30.7 Å². The highest BCUT2D eigenvalue weighted by Crippen LogP contribution is 2.59. The highest BCUT2D eigenvalue weighted by Gasteiger charge is 2.53. The molecule has 3 saturated carbocycles. The van der Waals surface area contributed by atoms with E-state index in [1.54, 1.807) is 4.57 Å². The zero-order valence-electron chi connectivity index (χ0n) is 18.4. The summed E-state index contributed by atoms with van der Waals surface area (Å²) in [6.07, 6.45) is 7.51. The van der Waals surface area contributed by atoms with Crippen LogP contribution in [0.25, 0.3) is 11.2 Å². The Labute approximate surface area is 187 Å². The van der Waals surface area contributed by atoms with Gasteiger partial charge >= 0.3 is 5.69 Å². The molecule has 0 aromatic carbocycles. The molecular weight excluding hydrogens is 414 g/mol. The summed E-state index contributed by atoms with van der Waals surface area (Å²) in [5, 5.41) is -0.0186. The van der Waals surface area contributed by atoms with Crippen LogP contribution < -0.4 is 17.0 Å². The van der Waals surface area contributed by atoms with Gasteiger partial charge in [-0.1, -0.05) is 13.8 Å². The molecule has 3 N–H and O–H groups in total. The molecule has 2 bridgehead atoms. The van der Waals surface area contributed by atoms with E-state index in [1.165, 1.54) is 4.57 Å². The van der Waals surface area contributed by atoms with Gasteiger partial charge in [-0.05, 0) is 56.8 Å². The molecule has 1 amide bonds. The number of aryl methyl sites for hydroxylation is 1. The topological polar surface area (TPSA) is 116 Å². The number of aromatic nitrogens is 4. The Kier molecular flexibility index (Phi) is 5.83. The Morgan fingerprint density at radius 1 is 1.10 bits per heavy atom. The molecule has 3 aliphatic carbocycles. The predicted octanol–water partition coefficient (Wildman–Crippen LogP) is 2.47. The smallest absolute Gasteiger partial charge is 0.332 e. The second-order valence-corrected chi connectivity index (χ2v) is 10.1. The van der Waals surface area contributed by atoms with Crippen molar-refractivity contribution in [3.05, 3.63) is 26.7 Å². The summed E-state index contributed by atoms with van der Waals surface area (Å²) in [6.45, 7) is 4.92. The Balaban J connectivity index is 1.73. The van der Waals surface area contributed by atoms with Gasteiger partial charge in [-0.3, -0.25) is 18.7 Å². The van der Waals surface area contributed by atoms with Gasteiger partial charge in [-0.15, -0.1) is 0 Å². The zero-order valence-corrected chi connectivity index (χ0v) is 19.3. The second kappa shape index (κ2) is 8.15. The average Bonchev–Trinajstić information content (AvgIpc) is 3.21. The maximum absolute atomic E-state index is 13.1. The number of primary amides is 1. The summed E-state index contributed by atoms with van der Waals surface area (Å²) < 4.78 is 2.98. The Morgan fingerprint density at radius 3 is 2.23 bits per heavy atom. The number of fused-ring (bicyclic) bond motifs is 4. The van der Waals surface area contributed by atoms with E-state index in [2.05, 4.69) is 4.98 Å². The highest BCUT2D eigenvalue weighted by molar-refractivity contribution is 7.81. The lowest BCUT2D eigenvalue weighted by Gasteiger charge is -2.54. The summed E-state index contributed by atoms with van der Waals surface area (Å²) >= 11 is 4.74. The van der Waals surface area contributed by atoms with Crippen molar-refractivity contribution in [3.8, 4) is 0 Å². The minimum atomic E-state index is -0.300. The first-order valence-electron chi connectivity index (χ1n) is 11.5. The van der Waals surface area contributed by atoms with Crippen LogP contribution in [-0.2, 0) is 23.3 Å². The molecule has 2 aromatic heterocycles. The fraction of sp³-hybridized carbons (Fsp3) is 0.727. The molecule has 3 aliphatic rings. The summed E-state index contributed by atoms with van der Waals surface area (Å²) in [4.78, 5) is 45.7. The lowest BCUT2D eigenvalue weighted by atomic mass is 9.52. The molecule has 0 spiro atoms. The summed E-state index contributed by atoms with van der Waals surface area (Å²) in [6, 6.07) is 0. The quantitative estimate of drug-likeness (QED) is 0.539. The lowest BCUT2D eigenvalue weighted by molar-refractivity contribution is -0.118. The normalized spacial score (nSPS) is 26.4. The molecule has 2 heterocycles. The number of nitrogens with zero attached hydrogens (tertiary/aromatic N) is 3. The number of nitrogens with two attached hydrogens (primary N) is 1. The summed E-state index contributed by atoms with van der Waals surface area (Å²) in [5.74, 6) is 0.531. The molecule has 0 radical (unpaired) electrons. The molecule has 8 nitrogen and oxygen atoms in total. The zero-order chi connectivity index (χ0) is 22.4. The van der Waals surface area contributed by atoms with Gasteiger partial charge in [0.15, 0.2) is 5.65 Å². The molecule has 0 saturated heterocycles. The van der Waals surface area contributed by atoms with E-state index < -0.39 is 0 Å². The molecule has 9 heteroatoms. The number of carbonyl (C=O) groups excluding carboxylic acids is 1. The van der Waals surface area contributed by atoms with Gasteiger partial charge in [0.2, 0.25) is 5.91 Å². The van der Waals surface area contributed by atoms with Crippen LogP contribution in [0, 0.1) is 5.41 Å². The molecular formula is C22H33N5O3S. The van der Waals surface area contributed by atoms with Crippen molar-refractivity contribution in [2.45, 2.75) is 95.4 Å². The number of amides is 1. The predicted molar refractivity (Wildman–Crippen MR) is 124 cm³/mol. The van der Waals surface area contributed by atoms with E-state index in [4.69, 9.17) is 23.3 Å². The number of thiol groups is 1. The number of rotatable bonds is 8. The van der Waals surface area contributed by atoms with Crippen molar-refractivity contribution in [1.29, 1.82) is 0 Å². The van der Waals surface area contributed by atoms with Gasteiger partial charge in [-0.25, -0.2) is 9.78 Å². The largest absolute Gasteiger partial charge is 0.370 e. The van der Waals surface area contributed by atoms with Crippen molar-refractivity contribution >= 4 is 29.7 Å². The molecule has 0 aliphatic heterocycles. The van der Waals surface area contributed by atoms with Crippen LogP contribution in [0.3, 0.4) is 0 Å². The third-order valence-corrected chi connectivity index (χ3v) is 8.39. The van der Waals surface area contributed by atoms with Crippen LogP contribution >= 0.6 is 12.6 Å². The number of H-pyrrole nitrogens is 1. The van der Waals surface area contributed by atoms with E-state index in [0.717, 1.165) is 57.2 Å². The monoisotopic (exact) mass is 447 g/mol. The molecule has 5 rings (SSSR count). The molecule has 1 unspecified atom stereocenters. The first-order chi connectivity index (χ1) is 14.8. The van der Waals surface area contributed by atoms with Gasteiger partial charge in [0.1, 0.15) is 11.3 Å². The number of carbonyl (C=O) groups is 1. The number of hydrogen-bond donors (Lipinski definition) is 3. The van der Waals surface area contributed by atoms with E-state index in [1.807, 2.05) is 13.8 Å².